The van der Waals surface area contributed by atoms with Crippen LogP contribution < -0.4 is 5.32 Å². The van der Waals surface area contributed by atoms with Gasteiger partial charge in [-0.3, -0.25) is 4.79 Å². The lowest BCUT2D eigenvalue weighted by molar-refractivity contribution is 0.0723. The highest BCUT2D eigenvalue weighted by molar-refractivity contribution is 9.10. The van der Waals surface area contributed by atoms with Crippen LogP contribution >= 0.6 is 15.9 Å². The van der Waals surface area contributed by atoms with Crippen LogP contribution in [-0.2, 0) is 0 Å². The van der Waals surface area contributed by atoms with E-state index in [1.54, 1.807) is 19.1 Å². The maximum atomic E-state index is 12.0. The molecule has 0 aliphatic rings. The third-order valence-corrected chi connectivity index (χ3v) is 3.04. The van der Waals surface area contributed by atoms with E-state index in [2.05, 4.69) is 21.2 Å². The van der Waals surface area contributed by atoms with Gasteiger partial charge in [-0.1, -0.05) is 15.9 Å². The first-order valence-electron chi connectivity index (χ1n) is 5.22. The van der Waals surface area contributed by atoms with E-state index >= 15 is 0 Å². The van der Waals surface area contributed by atoms with Crippen molar-refractivity contribution in [1.82, 2.24) is 5.32 Å². The molecule has 0 spiro atoms. The number of hydrogen-bond donors (Lipinski definition) is 3. The molecular formula is C12H16BrNO3. The van der Waals surface area contributed by atoms with E-state index in [1.807, 2.05) is 13.0 Å². The van der Waals surface area contributed by atoms with Gasteiger partial charge in [-0.05, 0) is 37.6 Å². The van der Waals surface area contributed by atoms with E-state index in [1.165, 1.54) is 0 Å². The van der Waals surface area contributed by atoms with E-state index in [9.17, 15) is 4.79 Å². The van der Waals surface area contributed by atoms with Gasteiger partial charge in [0.05, 0.1) is 18.8 Å². The maximum absolute atomic E-state index is 12.0. The molecule has 0 aromatic heterocycles. The molecule has 4 nitrogen and oxygen atoms in total. The van der Waals surface area contributed by atoms with E-state index in [0.717, 1.165) is 10.0 Å². The van der Waals surface area contributed by atoms with E-state index in [4.69, 9.17) is 10.2 Å². The Morgan fingerprint density at radius 2 is 2.00 bits per heavy atom. The van der Waals surface area contributed by atoms with E-state index < -0.39 is 5.54 Å². The lowest BCUT2D eigenvalue weighted by Crippen LogP contribution is -2.51. The van der Waals surface area contributed by atoms with Gasteiger partial charge in [-0.2, -0.15) is 0 Å². The Bertz CT molecular complexity index is 416. The van der Waals surface area contributed by atoms with Crippen molar-refractivity contribution in [3.63, 3.8) is 0 Å². The first-order valence-corrected chi connectivity index (χ1v) is 6.01. The van der Waals surface area contributed by atoms with Crippen molar-refractivity contribution in [3.8, 4) is 0 Å². The Morgan fingerprint density at radius 3 is 2.47 bits per heavy atom. The smallest absolute Gasteiger partial charge is 0.252 e. The van der Waals surface area contributed by atoms with Crippen molar-refractivity contribution in [2.24, 2.45) is 0 Å². The van der Waals surface area contributed by atoms with Gasteiger partial charge in [0.1, 0.15) is 0 Å². The number of aryl methyl sites for hydroxylation is 1. The molecule has 0 heterocycles. The average Bonchev–Trinajstić information content (AvgIpc) is 2.28. The van der Waals surface area contributed by atoms with Gasteiger partial charge in [-0.25, -0.2) is 0 Å². The van der Waals surface area contributed by atoms with Crippen molar-refractivity contribution >= 4 is 21.8 Å². The summed E-state index contributed by atoms with van der Waals surface area (Å²) in [5.41, 5.74) is 0.354. The molecule has 0 atom stereocenters. The molecule has 1 aromatic carbocycles. The molecular weight excluding hydrogens is 286 g/mol. The second-order valence-corrected chi connectivity index (χ2v) is 5.21. The molecule has 0 saturated heterocycles. The third-order valence-electron chi connectivity index (χ3n) is 2.55. The van der Waals surface area contributed by atoms with Crippen molar-refractivity contribution in [3.05, 3.63) is 33.8 Å². The third kappa shape index (κ3) is 3.52. The van der Waals surface area contributed by atoms with Crippen LogP contribution in [0.15, 0.2) is 22.7 Å². The number of benzene rings is 1. The summed E-state index contributed by atoms with van der Waals surface area (Å²) in [4.78, 5) is 12.0. The second kappa shape index (κ2) is 5.62. The standard InChI is InChI=1S/C12H16BrNO3/c1-8-5-9(13)3-4-10(8)11(17)14-12(2,6-15)7-16/h3-5,15-16H,6-7H2,1-2H3,(H,14,17). The Kier molecular flexibility index (Phi) is 4.68. The zero-order valence-electron chi connectivity index (χ0n) is 9.83. The zero-order valence-corrected chi connectivity index (χ0v) is 11.4. The molecule has 3 N–H and O–H groups in total. The van der Waals surface area contributed by atoms with Gasteiger partial charge >= 0.3 is 0 Å². The molecule has 0 fully saturated rings. The van der Waals surface area contributed by atoms with Crippen LogP contribution in [0.25, 0.3) is 0 Å². The van der Waals surface area contributed by atoms with Crippen LogP contribution in [-0.4, -0.2) is 34.9 Å². The molecule has 1 rings (SSSR count). The summed E-state index contributed by atoms with van der Waals surface area (Å²) < 4.78 is 0.902. The SMILES string of the molecule is Cc1cc(Br)ccc1C(=O)NC(C)(CO)CO. The molecule has 1 aromatic rings. The Morgan fingerprint density at radius 1 is 1.41 bits per heavy atom. The quantitative estimate of drug-likeness (QED) is 0.783. The topological polar surface area (TPSA) is 69.6 Å². The van der Waals surface area contributed by atoms with Gasteiger partial charge in [0.25, 0.3) is 5.91 Å². The first kappa shape index (κ1) is 14.2. The lowest BCUT2D eigenvalue weighted by atomic mass is 10.0. The number of hydrogen-bond acceptors (Lipinski definition) is 3. The van der Waals surface area contributed by atoms with Crippen LogP contribution in [0.5, 0.6) is 0 Å². The van der Waals surface area contributed by atoms with Gasteiger partial charge < -0.3 is 15.5 Å². The summed E-state index contributed by atoms with van der Waals surface area (Å²) in [6.07, 6.45) is 0. The van der Waals surface area contributed by atoms with Crippen LogP contribution in [0.1, 0.15) is 22.8 Å². The monoisotopic (exact) mass is 301 g/mol. The van der Waals surface area contributed by atoms with Crippen molar-refractivity contribution < 1.29 is 15.0 Å². The predicted molar refractivity (Wildman–Crippen MR) is 68.9 cm³/mol. The molecule has 0 aliphatic carbocycles. The number of amides is 1. The molecule has 0 radical (unpaired) electrons. The van der Waals surface area contributed by atoms with Crippen molar-refractivity contribution in [2.75, 3.05) is 13.2 Å². The zero-order chi connectivity index (χ0) is 13.1. The highest BCUT2D eigenvalue weighted by Gasteiger charge is 2.25. The summed E-state index contributed by atoms with van der Waals surface area (Å²) in [5.74, 6) is -0.305. The number of carbonyl (C=O) groups excluding carboxylic acids is 1. The highest BCUT2D eigenvalue weighted by Crippen LogP contribution is 2.16. The van der Waals surface area contributed by atoms with E-state index in [-0.39, 0.29) is 19.1 Å². The molecule has 0 saturated carbocycles. The fraction of sp³-hybridized carbons (Fsp3) is 0.417. The summed E-state index contributed by atoms with van der Waals surface area (Å²) >= 11 is 3.32. The number of aliphatic hydroxyl groups is 2. The average molecular weight is 302 g/mol. The van der Waals surface area contributed by atoms with Crippen LogP contribution in [0.3, 0.4) is 0 Å². The fourth-order valence-electron chi connectivity index (χ4n) is 1.35. The molecule has 0 bridgehead atoms. The molecule has 17 heavy (non-hydrogen) atoms. The Labute approximate surface area is 109 Å². The maximum Gasteiger partial charge on any atom is 0.252 e. The number of aliphatic hydroxyl groups excluding tert-OH is 2. The highest BCUT2D eigenvalue weighted by atomic mass is 79.9. The van der Waals surface area contributed by atoms with Gasteiger partial charge in [0.2, 0.25) is 0 Å². The largest absolute Gasteiger partial charge is 0.394 e. The molecule has 0 unspecified atom stereocenters. The second-order valence-electron chi connectivity index (χ2n) is 4.29. The summed E-state index contributed by atoms with van der Waals surface area (Å²) in [6, 6.07) is 5.31. The van der Waals surface area contributed by atoms with Gasteiger partial charge in [-0.15, -0.1) is 0 Å². The minimum absolute atomic E-state index is 0.305. The lowest BCUT2D eigenvalue weighted by Gasteiger charge is -2.26. The minimum atomic E-state index is -1.00. The summed E-state index contributed by atoms with van der Waals surface area (Å²) in [5, 5.41) is 20.8. The Balaban J connectivity index is 2.90. The molecule has 94 valence electrons. The van der Waals surface area contributed by atoms with Gasteiger partial charge in [0, 0.05) is 10.0 Å². The number of nitrogens with one attached hydrogen (secondary N) is 1. The normalized spacial score (nSPS) is 11.4. The molecule has 5 heteroatoms. The van der Waals surface area contributed by atoms with Gasteiger partial charge in [0.15, 0.2) is 0 Å². The minimum Gasteiger partial charge on any atom is -0.394 e. The Hall–Kier alpha value is -0.910. The molecule has 1 amide bonds. The van der Waals surface area contributed by atoms with Crippen molar-refractivity contribution in [2.45, 2.75) is 19.4 Å². The van der Waals surface area contributed by atoms with Crippen molar-refractivity contribution in [1.29, 1.82) is 0 Å². The van der Waals surface area contributed by atoms with Crippen LogP contribution in [0, 0.1) is 6.92 Å². The summed E-state index contributed by atoms with van der Waals surface area (Å²) in [6.45, 7) is 2.78. The molecule has 0 aliphatic heterocycles. The van der Waals surface area contributed by atoms with E-state index in [0.29, 0.717) is 5.56 Å². The van der Waals surface area contributed by atoms with Crippen LogP contribution in [0.2, 0.25) is 0 Å². The fourth-order valence-corrected chi connectivity index (χ4v) is 1.83. The first-order chi connectivity index (χ1) is 7.91. The summed E-state index contributed by atoms with van der Waals surface area (Å²) in [7, 11) is 0. The predicted octanol–water partition coefficient (Wildman–Crippen LogP) is 1.23. The number of carbonyl (C=O) groups is 1. The van der Waals surface area contributed by atoms with Crippen LogP contribution in [0.4, 0.5) is 0 Å². The number of rotatable bonds is 4. The number of halogens is 1.